The lowest BCUT2D eigenvalue weighted by molar-refractivity contribution is 0.282. The number of aliphatic hydroxyl groups excluding tert-OH is 1. The lowest BCUT2D eigenvalue weighted by Gasteiger charge is -2.28. The topological polar surface area (TPSA) is 23.5 Å². The van der Waals surface area contributed by atoms with Crippen molar-refractivity contribution in [2.24, 2.45) is 0 Å². The average Bonchev–Trinajstić information content (AvgIpc) is 2.80. The standard InChI is InChI=1S/C27H21NO/c29-19-20-15-17-23(18-16-20)28(26-13-5-9-21-7-1-3-11-24(21)26)27-14-6-10-22-8-2-4-12-25(22)27/h1-18,29H,19H2. The minimum Gasteiger partial charge on any atom is -0.392 e. The normalized spacial score (nSPS) is 11.1. The summed E-state index contributed by atoms with van der Waals surface area (Å²) in [7, 11) is 0. The molecule has 0 bridgehead atoms. The summed E-state index contributed by atoms with van der Waals surface area (Å²) in [5.74, 6) is 0. The van der Waals surface area contributed by atoms with Crippen LogP contribution < -0.4 is 4.90 Å². The summed E-state index contributed by atoms with van der Waals surface area (Å²) >= 11 is 0. The van der Waals surface area contributed by atoms with Gasteiger partial charge in [-0.15, -0.1) is 0 Å². The average molecular weight is 375 g/mol. The minimum absolute atomic E-state index is 0.0445. The van der Waals surface area contributed by atoms with Gasteiger partial charge >= 0.3 is 0 Å². The molecule has 2 nitrogen and oxygen atoms in total. The maximum atomic E-state index is 9.47. The van der Waals surface area contributed by atoms with Crippen molar-refractivity contribution in [1.82, 2.24) is 0 Å². The van der Waals surface area contributed by atoms with Crippen molar-refractivity contribution in [3.05, 3.63) is 115 Å². The molecule has 0 amide bonds. The number of rotatable bonds is 4. The van der Waals surface area contributed by atoms with Crippen LogP contribution in [0.25, 0.3) is 21.5 Å². The summed E-state index contributed by atoms with van der Waals surface area (Å²) in [5, 5.41) is 14.3. The predicted molar refractivity (Wildman–Crippen MR) is 122 cm³/mol. The number of nitrogens with zero attached hydrogens (tertiary/aromatic N) is 1. The number of benzene rings is 5. The number of fused-ring (bicyclic) bond motifs is 2. The van der Waals surface area contributed by atoms with Crippen molar-refractivity contribution >= 4 is 38.6 Å². The van der Waals surface area contributed by atoms with Crippen LogP contribution in [-0.2, 0) is 6.61 Å². The van der Waals surface area contributed by atoms with E-state index < -0.39 is 0 Å². The quantitative estimate of drug-likeness (QED) is 0.367. The van der Waals surface area contributed by atoms with Gasteiger partial charge in [0.2, 0.25) is 0 Å². The van der Waals surface area contributed by atoms with Crippen LogP contribution in [0.4, 0.5) is 17.1 Å². The molecular formula is C27H21NO. The summed E-state index contributed by atoms with van der Waals surface area (Å²) in [6, 6.07) is 37.9. The molecule has 0 atom stereocenters. The Kier molecular flexibility index (Phi) is 4.47. The van der Waals surface area contributed by atoms with E-state index in [1.165, 1.54) is 21.5 Å². The molecule has 29 heavy (non-hydrogen) atoms. The molecule has 5 rings (SSSR count). The van der Waals surface area contributed by atoms with E-state index in [-0.39, 0.29) is 6.61 Å². The fraction of sp³-hybridized carbons (Fsp3) is 0.0370. The number of aliphatic hydroxyl groups is 1. The van der Waals surface area contributed by atoms with E-state index in [1.54, 1.807) is 0 Å². The van der Waals surface area contributed by atoms with Crippen LogP contribution in [0.3, 0.4) is 0 Å². The first kappa shape index (κ1) is 17.5. The molecule has 0 aromatic heterocycles. The Morgan fingerprint density at radius 1 is 0.517 bits per heavy atom. The molecule has 1 N–H and O–H groups in total. The lowest BCUT2D eigenvalue weighted by Crippen LogP contribution is -2.11. The highest BCUT2D eigenvalue weighted by atomic mass is 16.3. The minimum atomic E-state index is 0.0445. The van der Waals surface area contributed by atoms with Crippen LogP contribution in [0.1, 0.15) is 5.56 Å². The molecule has 0 unspecified atom stereocenters. The van der Waals surface area contributed by atoms with Crippen molar-refractivity contribution < 1.29 is 5.11 Å². The molecule has 0 aliphatic carbocycles. The van der Waals surface area contributed by atoms with E-state index in [0.29, 0.717) is 0 Å². The van der Waals surface area contributed by atoms with Crippen molar-refractivity contribution in [3.63, 3.8) is 0 Å². The van der Waals surface area contributed by atoms with Crippen LogP contribution in [0, 0.1) is 0 Å². The van der Waals surface area contributed by atoms with Crippen LogP contribution in [0.5, 0.6) is 0 Å². The zero-order chi connectivity index (χ0) is 19.6. The Morgan fingerprint density at radius 2 is 1.00 bits per heavy atom. The van der Waals surface area contributed by atoms with E-state index in [1.807, 2.05) is 12.1 Å². The molecule has 0 aliphatic heterocycles. The molecular weight excluding hydrogens is 354 g/mol. The van der Waals surface area contributed by atoms with Gasteiger partial charge in [0.05, 0.1) is 18.0 Å². The van der Waals surface area contributed by atoms with Crippen molar-refractivity contribution in [1.29, 1.82) is 0 Å². The Bertz CT molecular complexity index is 1200. The highest BCUT2D eigenvalue weighted by Gasteiger charge is 2.17. The van der Waals surface area contributed by atoms with Crippen LogP contribution in [0.15, 0.2) is 109 Å². The van der Waals surface area contributed by atoms with Gasteiger partial charge in [0.25, 0.3) is 0 Å². The molecule has 0 aliphatic rings. The van der Waals surface area contributed by atoms with Gasteiger partial charge in [0.15, 0.2) is 0 Å². The Morgan fingerprint density at radius 3 is 1.52 bits per heavy atom. The SMILES string of the molecule is OCc1ccc(N(c2cccc3ccccc23)c2cccc3ccccc23)cc1. The summed E-state index contributed by atoms with van der Waals surface area (Å²) < 4.78 is 0. The van der Waals surface area contributed by atoms with Gasteiger partial charge in [-0.25, -0.2) is 0 Å². The van der Waals surface area contributed by atoms with Gasteiger partial charge in [-0.05, 0) is 40.6 Å². The molecule has 0 radical (unpaired) electrons. The lowest BCUT2D eigenvalue weighted by atomic mass is 10.0. The summed E-state index contributed by atoms with van der Waals surface area (Å²) in [5.41, 5.74) is 4.24. The van der Waals surface area contributed by atoms with Gasteiger partial charge in [-0.1, -0.05) is 84.9 Å². The second-order valence-electron chi connectivity index (χ2n) is 7.16. The van der Waals surface area contributed by atoms with Gasteiger partial charge < -0.3 is 10.0 Å². The van der Waals surface area contributed by atoms with E-state index in [9.17, 15) is 5.11 Å². The third-order valence-corrected chi connectivity index (χ3v) is 5.39. The van der Waals surface area contributed by atoms with E-state index in [4.69, 9.17) is 0 Å². The van der Waals surface area contributed by atoms with Gasteiger partial charge in [-0.2, -0.15) is 0 Å². The number of hydrogen-bond acceptors (Lipinski definition) is 2. The maximum Gasteiger partial charge on any atom is 0.0681 e. The van der Waals surface area contributed by atoms with E-state index >= 15 is 0 Å². The highest BCUT2D eigenvalue weighted by molar-refractivity contribution is 6.04. The Hall–Kier alpha value is -3.62. The Labute approximate surface area is 170 Å². The largest absolute Gasteiger partial charge is 0.392 e. The molecule has 5 aromatic carbocycles. The molecule has 0 saturated heterocycles. The van der Waals surface area contributed by atoms with E-state index in [2.05, 4.69) is 102 Å². The third-order valence-electron chi connectivity index (χ3n) is 5.39. The van der Waals surface area contributed by atoms with Crippen LogP contribution >= 0.6 is 0 Å². The first-order chi connectivity index (χ1) is 14.3. The predicted octanol–water partition coefficient (Wildman–Crippen LogP) is 6.96. The van der Waals surface area contributed by atoms with Crippen molar-refractivity contribution in [3.8, 4) is 0 Å². The number of anilines is 3. The van der Waals surface area contributed by atoms with Crippen molar-refractivity contribution in [2.75, 3.05) is 4.90 Å². The first-order valence-corrected chi connectivity index (χ1v) is 9.80. The molecule has 0 heterocycles. The third kappa shape index (κ3) is 3.14. The molecule has 0 spiro atoms. The second kappa shape index (κ2) is 7.42. The van der Waals surface area contributed by atoms with Crippen LogP contribution in [-0.4, -0.2) is 5.11 Å². The second-order valence-corrected chi connectivity index (χ2v) is 7.16. The molecule has 5 aromatic rings. The molecule has 0 saturated carbocycles. The summed E-state index contributed by atoms with van der Waals surface area (Å²) in [4.78, 5) is 2.31. The smallest absolute Gasteiger partial charge is 0.0681 e. The maximum absolute atomic E-state index is 9.47. The summed E-state index contributed by atoms with van der Waals surface area (Å²) in [6.07, 6.45) is 0. The zero-order valence-corrected chi connectivity index (χ0v) is 16.0. The summed E-state index contributed by atoms with van der Waals surface area (Å²) in [6.45, 7) is 0.0445. The monoisotopic (exact) mass is 375 g/mol. The van der Waals surface area contributed by atoms with E-state index in [0.717, 1.165) is 22.6 Å². The Balaban J connectivity index is 1.81. The molecule has 0 fully saturated rings. The van der Waals surface area contributed by atoms with Gasteiger partial charge in [-0.3, -0.25) is 0 Å². The highest BCUT2D eigenvalue weighted by Crippen LogP contribution is 2.41. The molecule has 2 heteroatoms. The van der Waals surface area contributed by atoms with Gasteiger partial charge in [0.1, 0.15) is 0 Å². The number of hydrogen-bond donors (Lipinski definition) is 1. The van der Waals surface area contributed by atoms with Crippen LogP contribution in [0.2, 0.25) is 0 Å². The van der Waals surface area contributed by atoms with Gasteiger partial charge in [0, 0.05) is 16.5 Å². The molecule has 140 valence electrons. The fourth-order valence-electron chi connectivity index (χ4n) is 3.96. The first-order valence-electron chi connectivity index (χ1n) is 9.80. The zero-order valence-electron chi connectivity index (χ0n) is 16.0. The fourth-order valence-corrected chi connectivity index (χ4v) is 3.96. The van der Waals surface area contributed by atoms with Crippen molar-refractivity contribution in [2.45, 2.75) is 6.61 Å².